The van der Waals surface area contributed by atoms with Gasteiger partial charge < -0.3 is 10.7 Å². The van der Waals surface area contributed by atoms with E-state index in [9.17, 15) is 0 Å². The van der Waals surface area contributed by atoms with Gasteiger partial charge in [-0.2, -0.15) is 0 Å². The van der Waals surface area contributed by atoms with Crippen LogP contribution >= 0.6 is 22.6 Å². The van der Waals surface area contributed by atoms with Crippen LogP contribution in [-0.4, -0.2) is 11.5 Å². The summed E-state index contributed by atoms with van der Waals surface area (Å²) in [6, 6.07) is 15.5. The first kappa shape index (κ1) is 18.5. The van der Waals surface area contributed by atoms with Crippen LogP contribution in [-0.2, 0) is 11.8 Å². The topological polar surface area (TPSA) is 41.8 Å². The molecule has 0 amide bonds. The lowest BCUT2D eigenvalue weighted by atomic mass is 9.86. The fourth-order valence-corrected chi connectivity index (χ4v) is 3.97. The maximum Gasteiger partial charge on any atom is 0.0508 e. The van der Waals surface area contributed by atoms with E-state index in [1.807, 2.05) is 0 Å². The van der Waals surface area contributed by atoms with Gasteiger partial charge >= 0.3 is 0 Å². The SMILES string of the molecule is CC(C)(C)c1ccc2[nH]c(-c3ccccc3I)c(CCCCN)c2c1. The van der Waals surface area contributed by atoms with Gasteiger partial charge in [-0.3, -0.25) is 0 Å². The third-order valence-electron chi connectivity index (χ3n) is 4.80. The Morgan fingerprint density at radius 3 is 2.48 bits per heavy atom. The van der Waals surface area contributed by atoms with Crippen molar-refractivity contribution in [2.75, 3.05) is 6.54 Å². The van der Waals surface area contributed by atoms with Gasteiger partial charge in [0.25, 0.3) is 0 Å². The van der Waals surface area contributed by atoms with Crippen LogP contribution in [0.1, 0.15) is 44.7 Å². The van der Waals surface area contributed by atoms with Crippen molar-refractivity contribution in [2.45, 2.75) is 45.4 Å². The Morgan fingerprint density at radius 2 is 1.80 bits per heavy atom. The molecule has 0 unspecified atom stereocenters. The predicted octanol–water partition coefficient (Wildman–Crippen LogP) is 6.02. The van der Waals surface area contributed by atoms with Crippen LogP contribution in [0.4, 0.5) is 0 Å². The standard InChI is InChI=1S/C22H27IN2/c1-22(2,3)15-11-12-20-18(14-15)16(8-6-7-13-24)21(25-20)17-9-4-5-10-19(17)23/h4-5,9-12,14,25H,6-8,13,24H2,1-3H3. The summed E-state index contributed by atoms with van der Waals surface area (Å²) in [5.74, 6) is 0. The van der Waals surface area contributed by atoms with Gasteiger partial charge in [0, 0.05) is 20.0 Å². The molecule has 0 radical (unpaired) electrons. The summed E-state index contributed by atoms with van der Waals surface area (Å²) in [5, 5.41) is 1.36. The molecule has 0 spiro atoms. The Labute approximate surface area is 164 Å². The minimum atomic E-state index is 0.154. The fourth-order valence-electron chi connectivity index (χ4n) is 3.31. The third kappa shape index (κ3) is 3.93. The van der Waals surface area contributed by atoms with Gasteiger partial charge in [0.05, 0.1) is 5.69 Å². The molecular formula is C22H27IN2. The highest BCUT2D eigenvalue weighted by Gasteiger charge is 2.18. The highest BCUT2D eigenvalue weighted by atomic mass is 127. The van der Waals surface area contributed by atoms with Gasteiger partial charge in [-0.05, 0) is 83.1 Å². The number of hydrogen-bond donors (Lipinski definition) is 2. The van der Waals surface area contributed by atoms with E-state index in [0.717, 1.165) is 25.8 Å². The van der Waals surface area contributed by atoms with E-state index in [0.29, 0.717) is 0 Å². The van der Waals surface area contributed by atoms with E-state index in [1.165, 1.54) is 36.9 Å². The molecule has 0 atom stereocenters. The van der Waals surface area contributed by atoms with Crippen molar-refractivity contribution in [1.29, 1.82) is 0 Å². The van der Waals surface area contributed by atoms with Gasteiger partial charge in [-0.15, -0.1) is 0 Å². The normalized spacial score (nSPS) is 12.0. The number of aryl methyl sites for hydroxylation is 1. The van der Waals surface area contributed by atoms with Gasteiger partial charge in [0.15, 0.2) is 0 Å². The molecule has 0 aliphatic carbocycles. The van der Waals surface area contributed by atoms with E-state index in [1.54, 1.807) is 0 Å². The van der Waals surface area contributed by atoms with Crippen LogP contribution in [0.5, 0.6) is 0 Å². The number of nitrogens with one attached hydrogen (secondary N) is 1. The van der Waals surface area contributed by atoms with Crippen LogP contribution in [0, 0.1) is 3.57 Å². The average molecular weight is 446 g/mol. The molecule has 0 aliphatic rings. The third-order valence-corrected chi connectivity index (χ3v) is 5.74. The number of unbranched alkanes of at least 4 members (excludes halogenated alkanes) is 1. The summed E-state index contributed by atoms with van der Waals surface area (Å²) < 4.78 is 1.28. The van der Waals surface area contributed by atoms with E-state index >= 15 is 0 Å². The minimum absolute atomic E-state index is 0.154. The Kier molecular flexibility index (Phi) is 5.54. The molecule has 3 N–H and O–H groups in total. The Balaban J connectivity index is 2.18. The zero-order chi connectivity index (χ0) is 18.0. The molecule has 0 bridgehead atoms. The first-order valence-electron chi connectivity index (χ1n) is 9.02. The van der Waals surface area contributed by atoms with Crippen molar-refractivity contribution >= 4 is 33.5 Å². The maximum absolute atomic E-state index is 5.73. The van der Waals surface area contributed by atoms with Gasteiger partial charge in [0.1, 0.15) is 0 Å². The predicted molar refractivity (Wildman–Crippen MR) is 117 cm³/mol. The molecule has 3 rings (SSSR count). The number of fused-ring (bicyclic) bond motifs is 1. The molecule has 3 heteroatoms. The average Bonchev–Trinajstić information content (AvgIpc) is 2.92. The highest BCUT2D eigenvalue weighted by molar-refractivity contribution is 14.1. The Bertz CT molecular complexity index is 871. The maximum atomic E-state index is 5.73. The van der Waals surface area contributed by atoms with Crippen LogP contribution in [0.2, 0.25) is 0 Å². The number of aromatic nitrogens is 1. The molecule has 2 aromatic carbocycles. The molecule has 1 heterocycles. The van der Waals surface area contributed by atoms with Crippen molar-refractivity contribution in [3.05, 3.63) is 57.2 Å². The van der Waals surface area contributed by atoms with Gasteiger partial charge in [0.2, 0.25) is 0 Å². The van der Waals surface area contributed by atoms with Crippen molar-refractivity contribution in [2.24, 2.45) is 5.73 Å². The summed E-state index contributed by atoms with van der Waals surface area (Å²) >= 11 is 2.43. The number of H-pyrrole nitrogens is 1. The molecule has 0 saturated heterocycles. The smallest absolute Gasteiger partial charge is 0.0508 e. The zero-order valence-electron chi connectivity index (χ0n) is 15.3. The second kappa shape index (κ2) is 7.50. The number of nitrogens with two attached hydrogens (primary N) is 1. The quantitative estimate of drug-likeness (QED) is 0.365. The molecule has 1 aromatic heterocycles. The summed E-state index contributed by atoms with van der Waals surface area (Å²) in [6.07, 6.45) is 3.25. The van der Waals surface area contributed by atoms with Crippen LogP contribution in [0.3, 0.4) is 0 Å². The van der Waals surface area contributed by atoms with E-state index < -0.39 is 0 Å². The number of benzene rings is 2. The molecule has 2 nitrogen and oxygen atoms in total. The number of hydrogen-bond acceptors (Lipinski definition) is 1. The first-order chi connectivity index (χ1) is 11.9. The van der Waals surface area contributed by atoms with Crippen LogP contribution in [0.25, 0.3) is 22.2 Å². The molecule has 3 aromatic rings. The molecular weight excluding hydrogens is 419 g/mol. The van der Waals surface area contributed by atoms with E-state index in [2.05, 4.69) is 90.8 Å². The molecule has 25 heavy (non-hydrogen) atoms. The summed E-state index contributed by atoms with van der Waals surface area (Å²) in [5.41, 5.74) is 12.5. The van der Waals surface area contributed by atoms with Crippen molar-refractivity contribution in [3.8, 4) is 11.3 Å². The zero-order valence-corrected chi connectivity index (χ0v) is 17.5. The number of halogens is 1. The number of rotatable bonds is 5. The fraction of sp³-hybridized carbons (Fsp3) is 0.364. The molecule has 0 fully saturated rings. The summed E-state index contributed by atoms with van der Waals surface area (Å²) in [6.45, 7) is 7.58. The monoisotopic (exact) mass is 446 g/mol. The largest absolute Gasteiger partial charge is 0.354 e. The number of aromatic amines is 1. The minimum Gasteiger partial charge on any atom is -0.354 e. The first-order valence-corrected chi connectivity index (χ1v) is 10.1. The van der Waals surface area contributed by atoms with Crippen molar-refractivity contribution < 1.29 is 0 Å². The second-order valence-corrected chi connectivity index (χ2v) is 8.88. The molecule has 0 saturated carbocycles. The van der Waals surface area contributed by atoms with Crippen LogP contribution < -0.4 is 5.73 Å². The lowest BCUT2D eigenvalue weighted by molar-refractivity contribution is 0.591. The summed E-state index contributed by atoms with van der Waals surface area (Å²) in [4.78, 5) is 3.69. The lowest BCUT2D eigenvalue weighted by Gasteiger charge is -2.19. The molecule has 132 valence electrons. The molecule has 0 aliphatic heterocycles. The van der Waals surface area contributed by atoms with Crippen molar-refractivity contribution in [3.63, 3.8) is 0 Å². The van der Waals surface area contributed by atoms with Crippen LogP contribution in [0.15, 0.2) is 42.5 Å². The lowest BCUT2D eigenvalue weighted by Crippen LogP contribution is -2.10. The van der Waals surface area contributed by atoms with E-state index in [-0.39, 0.29) is 5.41 Å². The second-order valence-electron chi connectivity index (χ2n) is 7.71. The summed E-state index contributed by atoms with van der Waals surface area (Å²) in [7, 11) is 0. The van der Waals surface area contributed by atoms with E-state index in [4.69, 9.17) is 5.73 Å². The Hall–Kier alpha value is -1.33. The van der Waals surface area contributed by atoms with Gasteiger partial charge in [-0.25, -0.2) is 0 Å². The van der Waals surface area contributed by atoms with Gasteiger partial charge in [-0.1, -0.05) is 45.0 Å². The Morgan fingerprint density at radius 1 is 1.04 bits per heavy atom. The highest BCUT2D eigenvalue weighted by Crippen LogP contribution is 2.36. The van der Waals surface area contributed by atoms with Crippen molar-refractivity contribution in [1.82, 2.24) is 4.98 Å².